The van der Waals surface area contributed by atoms with Crippen molar-refractivity contribution in [1.29, 1.82) is 0 Å². The number of phenolic OH excluding ortho intramolecular Hbond substituents is 1. The molecule has 0 atom stereocenters. The third-order valence-electron chi connectivity index (χ3n) is 5.64. The minimum Gasteiger partial charge on any atom is -0.508 e. The van der Waals surface area contributed by atoms with Gasteiger partial charge in [-0.3, -0.25) is 9.88 Å². The molecule has 7 nitrogen and oxygen atoms in total. The maximum absolute atomic E-state index is 9.80. The Labute approximate surface area is 191 Å². The average Bonchev–Trinajstić information content (AvgIpc) is 3.44. The Balaban J connectivity index is 1.29. The number of hydrogen-bond acceptors (Lipinski definition) is 6. The Hall–Kier alpha value is -3.16. The van der Waals surface area contributed by atoms with Gasteiger partial charge in [0.05, 0.1) is 6.20 Å². The Morgan fingerprint density at radius 1 is 1.06 bits per heavy atom. The fraction of sp³-hybridized carbons (Fsp3) is 0.292. The van der Waals surface area contributed by atoms with Crippen molar-refractivity contribution in [2.24, 2.45) is 0 Å². The summed E-state index contributed by atoms with van der Waals surface area (Å²) in [6.45, 7) is 3.95. The molecule has 0 spiro atoms. The van der Waals surface area contributed by atoms with Gasteiger partial charge in [0.2, 0.25) is 0 Å². The van der Waals surface area contributed by atoms with E-state index in [4.69, 9.17) is 16.3 Å². The van der Waals surface area contributed by atoms with Gasteiger partial charge in [-0.1, -0.05) is 11.6 Å². The maximum atomic E-state index is 9.80. The van der Waals surface area contributed by atoms with Gasteiger partial charge in [-0.2, -0.15) is 5.10 Å². The summed E-state index contributed by atoms with van der Waals surface area (Å²) in [5.74, 6) is 1.63. The molecule has 0 unspecified atom stereocenters. The number of ether oxygens (including phenoxy) is 1. The molecule has 0 saturated carbocycles. The van der Waals surface area contributed by atoms with Crippen LogP contribution in [0.5, 0.6) is 11.5 Å². The van der Waals surface area contributed by atoms with Crippen LogP contribution in [0.25, 0.3) is 16.8 Å². The lowest BCUT2D eigenvalue weighted by molar-refractivity contribution is 0.237. The number of fused-ring (bicyclic) bond motifs is 1. The first-order chi connectivity index (χ1) is 15.6. The number of hydrogen-bond donors (Lipinski definition) is 1. The number of pyridine rings is 2. The highest BCUT2D eigenvalue weighted by Gasteiger charge is 2.12. The fourth-order valence-corrected chi connectivity index (χ4v) is 4.25. The van der Waals surface area contributed by atoms with Gasteiger partial charge >= 0.3 is 0 Å². The van der Waals surface area contributed by atoms with Gasteiger partial charge in [0.1, 0.15) is 18.1 Å². The quantitative estimate of drug-likeness (QED) is 0.455. The van der Waals surface area contributed by atoms with E-state index in [9.17, 15) is 5.11 Å². The van der Waals surface area contributed by atoms with Crippen LogP contribution in [0.1, 0.15) is 24.2 Å². The molecule has 5 rings (SSSR count). The van der Waals surface area contributed by atoms with Crippen molar-refractivity contribution in [2.45, 2.75) is 19.3 Å². The van der Waals surface area contributed by atoms with Crippen LogP contribution < -0.4 is 4.74 Å². The van der Waals surface area contributed by atoms with Crippen molar-refractivity contribution in [3.8, 4) is 22.6 Å². The van der Waals surface area contributed by atoms with E-state index in [2.05, 4.69) is 20.0 Å². The first-order valence-electron chi connectivity index (χ1n) is 10.8. The van der Waals surface area contributed by atoms with E-state index in [1.54, 1.807) is 28.9 Å². The molecule has 0 bridgehead atoms. The van der Waals surface area contributed by atoms with Crippen molar-refractivity contribution in [2.75, 3.05) is 26.2 Å². The third-order valence-corrected chi connectivity index (χ3v) is 5.97. The van der Waals surface area contributed by atoms with Crippen LogP contribution in [0.15, 0.2) is 55.0 Å². The van der Waals surface area contributed by atoms with Gasteiger partial charge in [-0.05, 0) is 67.9 Å². The van der Waals surface area contributed by atoms with E-state index >= 15 is 0 Å². The molecule has 1 N–H and O–H groups in total. The second-order valence-electron chi connectivity index (χ2n) is 8.02. The second kappa shape index (κ2) is 9.14. The molecule has 3 aromatic heterocycles. The molecule has 8 heteroatoms. The van der Waals surface area contributed by atoms with Crippen molar-refractivity contribution >= 4 is 17.2 Å². The highest BCUT2D eigenvalue weighted by Crippen LogP contribution is 2.31. The third kappa shape index (κ3) is 4.69. The first kappa shape index (κ1) is 20.7. The van der Waals surface area contributed by atoms with Crippen LogP contribution >= 0.6 is 11.6 Å². The highest BCUT2D eigenvalue weighted by atomic mass is 35.5. The summed E-state index contributed by atoms with van der Waals surface area (Å²) in [7, 11) is 0. The molecule has 0 radical (unpaired) electrons. The highest BCUT2D eigenvalue weighted by molar-refractivity contribution is 6.33. The number of likely N-dealkylation sites (tertiary alicyclic amines) is 1. The summed E-state index contributed by atoms with van der Waals surface area (Å²) in [4.78, 5) is 11.4. The van der Waals surface area contributed by atoms with E-state index in [0.29, 0.717) is 23.9 Å². The zero-order valence-corrected chi connectivity index (χ0v) is 18.4. The standard InChI is InChI=1S/C24H24ClN5O2/c25-22-5-4-19(31)13-21(22)18-3-6-24-27-23(28-30(24)16-18)12-17-11-20(15-26-14-17)32-10-9-29-7-1-2-8-29/h3-6,11,13-16,31H,1-2,7-10,12H2. The molecular weight excluding hydrogens is 426 g/mol. The molecule has 1 aliphatic heterocycles. The summed E-state index contributed by atoms with van der Waals surface area (Å²) < 4.78 is 7.64. The number of nitrogens with zero attached hydrogens (tertiary/aromatic N) is 5. The van der Waals surface area contributed by atoms with Crippen molar-refractivity contribution in [3.63, 3.8) is 0 Å². The molecule has 32 heavy (non-hydrogen) atoms. The van der Waals surface area contributed by atoms with Crippen LogP contribution in [0.2, 0.25) is 5.02 Å². The van der Waals surface area contributed by atoms with Crippen molar-refractivity contribution in [1.82, 2.24) is 24.5 Å². The Morgan fingerprint density at radius 2 is 1.94 bits per heavy atom. The van der Waals surface area contributed by atoms with E-state index in [-0.39, 0.29) is 5.75 Å². The van der Waals surface area contributed by atoms with Crippen LogP contribution in [-0.4, -0.2) is 55.8 Å². The fourth-order valence-electron chi connectivity index (χ4n) is 4.02. The second-order valence-corrected chi connectivity index (χ2v) is 8.42. The number of rotatable bonds is 7. The van der Waals surface area contributed by atoms with Crippen LogP contribution in [-0.2, 0) is 6.42 Å². The zero-order chi connectivity index (χ0) is 21.9. The number of benzene rings is 1. The molecule has 0 amide bonds. The lowest BCUT2D eigenvalue weighted by Gasteiger charge is -2.14. The molecule has 0 aliphatic carbocycles. The molecule has 4 aromatic rings. The predicted molar refractivity (Wildman–Crippen MR) is 123 cm³/mol. The molecule has 1 fully saturated rings. The number of halogens is 1. The van der Waals surface area contributed by atoms with Gasteiger partial charge in [0.15, 0.2) is 11.5 Å². The normalized spacial score (nSPS) is 14.3. The van der Waals surface area contributed by atoms with Gasteiger partial charge in [-0.15, -0.1) is 0 Å². The zero-order valence-electron chi connectivity index (χ0n) is 17.6. The maximum Gasteiger partial charge on any atom is 0.156 e. The minimum atomic E-state index is 0.166. The number of aromatic nitrogens is 4. The molecule has 164 valence electrons. The van der Waals surface area contributed by atoms with Gasteiger partial charge in [0, 0.05) is 41.5 Å². The Kier molecular flexibility index (Phi) is 5.92. The summed E-state index contributed by atoms with van der Waals surface area (Å²) >= 11 is 6.30. The van der Waals surface area contributed by atoms with Gasteiger partial charge in [0.25, 0.3) is 0 Å². The molecule has 1 aliphatic rings. The van der Waals surface area contributed by atoms with Crippen molar-refractivity contribution in [3.05, 3.63) is 71.4 Å². The van der Waals surface area contributed by atoms with Crippen molar-refractivity contribution < 1.29 is 9.84 Å². The summed E-state index contributed by atoms with van der Waals surface area (Å²) in [5.41, 5.74) is 3.33. The summed E-state index contributed by atoms with van der Waals surface area (Å²) in [6, 6.07) is 10.7. The first-order valence-corrected chi connectivity index (χ1v) is 11.2. The largest absolute Gasteiger partial charge is 0.508 e. The van der Waals surface area contributed by atoms with Crippen LogP contribution in [0.3, 0.4) is 0 Å². The Bertz CT molecular complexity index is 1240. The predicted octanol–water partition coefficient (Wildman–Crippen LogP) is 4.22. The number of aromatic hydroxyl groups is 1. The Morgan fingerprint density at radius 3 is 2.81 bits per heavy atom. The van der Waals surface area contributed by atoms with Gasteiger partial charge in [-0.25, -0.2) is 9.50 Å². The average molecular weight is 450 g/mol. The molecular formula is C24H24ClN5O2. The smallest absolute Gasteiger partial charge is 0.156 e. The van der Waals surface area contributed by atoms with Crippen LogP contribution in [0, 0.1) is 0 Å². The topological polar surface area (TPSA) is 75.8 Å². The molecule has 1 saturated heterocycles. The SMILES string of the molecule is Oc1ccc(Cl)c(-c2ccc3nc(Cc4cncc(OCCN5CCCC5)c4)nn3c2)c1. The monoisotopic (exact) mass is 449 g/mol. The minimum absolute atomic E-state index is 0.166. The molecule has 4 heterocycles. The van der Waals surface area contributed by atoms with Gasteiger partial charge < -0.3 is 9.84 Å². The summed E-state index contributed by atoms with van der Waals surface area (Å²) in [6.07, 6.45) is 8.55. The van der Waals surface area contributed by atoms with Crippen LogP contribution in [0.4, 0.5) is 0 Å². The molecule has 1 aromatic carbocycles. The lowest BCUT2D eigenvalue weighted by atomic mass is 10.1. The lowest BCUT2D eigenvalue weighted by Crippen LogP contribution is -2.25. The van der Waals surface area contributed by atoms with E-state index in [0.717, 1.165) is 34.6 Å². The van der Waals surface area contributed by atoms with E-state index in [1.807, 2.05) is 30.6 Å². The van der Waals surface area contributed by atoms with E-state index in [1.165, 1.54) is 25.9 Å². The summed E-state index contributed by atoms with van der Waals surface area (Å²) in [5, 5.41) is 15.0. The number of phenols is 1. The van der Waals surface area contributed by atoms with E-state index < -0.39 is 0 Å².